The minimum absolute atomic E-state index is 0. The van der Waals surface area contributed by atoms with Crippen LogP contribution in [0.2, 0.25) is 5.02 Å². The third kappa shape index (κ3) is 4.99. The molecule has 0 aliphatic carbocycles. The van der Waals surface area contributed by atoms with E-state index in [1.165, 1.54) is 0 Å². The van der Waals surface area contributed by atoms with Crippen LogP contribution in [0.4, 0.5) is 0 Å². The molecular weight excluding hydrogens is 363 g/mol. The summed E-state index contributed by atoms with van der Waals surface area (Å²) in [5.41, 5.74) is 6.37. The van der Waals surface area contributed by atoms with E-state index in [0.717, 1.165) is 25.9 Å². The molecule has 0 bridgehead atoms. The van der Waals surface area contributed by atoms with Gasteiger partial charge in [-0.3, -0.25) is 10.2 Å². The topological polar surface area (TPSA) is 74.4 Å². The molecule has 140 valence electrons. The number of hydrogen-bond acceptors (Lipinski definition) is 5. The van der Waals surface area contributed by atoms with Gasteiger partial charge in [-0.05, 0) is 31.5 Å². The lowest BCUT2D eigenvalue weighted by atomic mass is 9.89. The number of amides is 1. The second kappa shape index (κ2) is 9.59. The fourth-order valence-corrected chi connectivity index (χ4v) is 3.47. The van der Waals surface area contributed by atoms with Crippen LogP contribution in [0, 0.1) is 5.92 Å². The third-order valence-corrected chi connectivity index (χ3v) is 5.07. The molecule has 0 aromatic heterocycles. The highest BCUT2D eigenvalue weighted by Gasteiger charge is 2.41. The number of hydrogen-bond donors (Lipinski definition) is 4. The number of fused-ring (bicyclic) bond motifs is 1. The van der Waals surface area contributed by atoms with Gasteiger partial charge in [0, 0.05) is 18.5 Å². The van der Waals surface area contributed by atoms with Gasteiger partial charge in [0.1, 0.15) is 17.9 Å². The van der Waals surface area contributed by atoms with E-state index in [1.807, 2.05) is 25.1 Å². The van der Waals surface area contributed by atoms with Crippen molar-refractivity contribution in [3.05, 3.63) is 29.3 Å². The van der Waals surface area contributed by atoms with Gasteiger partial charge < -0.3 is 15.4 Å². The van der Waals surface area contributed by atoms with Crippen LogP contribution < -0.4 is 26.2 Å². The van der Waals surface area contributed by atoms with Crippen molar-refractivity contribution in [2.75, 3.05) is 19.6 Å². The molecule has 2 heterocycles. The number of benzene rings is 1. The molecule has 2 fully saturated rings. The fraction of sp³-hybridized carbons (Fsp3) is 0.588. The Bertz CT molecular complexity index is 575. The van der Waals surface area contributed by atoms with Gasteiger partial charge in [-0.1, -0.05) is 30.7 Å². The molecule has 0 spiro atoms. The van der Waals surface area contributed by atoms with E-state index >= 15 is 0 Å². The van der Waals surface area contributed by atoms with Crippen LogP contribution in [0.15, 0.2) is 24.3 Å². The van der Waals surface area contributed by atoms with E-state index in [1.54, 1.807) is 6.07 Å². The predicted octanol–water partition coefficient (Wildman–Crippen LogP) is 1.49. The molecule has 8 heteroatoms. The van der Waals surface area contributed by atoms with Crippen LogP contribution in [-0.2, 0) is 4.79 Å². The number of ether oxygens (including phenoxy) is 1. The summed E-state index contributed by atoms with van der Waals surface area (Å²) in [6.45, 7) is 4.34. The number of carbonyl (C=O) groups excluding carboxylic acids is 1. The summed E-state index contributed by atoms with van der Waals surface area (Å²) in [5.74, 6) is 0.945. The van der Waals surface area contributed by atoms with Gasteiger partial charge in [-0.25, -0.2) is 5.43 Å². The monoisotopic (exact) mass is 388 g/mol. The van der Waals surface area contributed by atoms with E-state index < -0.39 is 0 Å². The van der Waals surface area contributed by atoms with Crippen molar-refractivity contribution >= 4 is 29.9 Å². The minimum atomic E-state index is -0.208. The lowest BCUT2D eigenvalue weighted by Crippen LogP contribution is -2.50. The molecule has 2 aliphatic rings. The van der Waals surface area contributed by atoms with Crippen LogP contribution >= 0.6 is 24.0 Å². The Hall–Kier alpha value is -1.05. The molecule has 0 saturated carbocycles. The molecule has 4 atom stereocenters. The Labute approximate surface area is 159 Å². The van der Waals surface area contributed by atoms with E-state index in [9.17, 15) is 4.79 Å². The highest BCUT2D eigenvalue weighted by atomic mass is 35.5. The van der Waals surface area contributed by atoms with Crippen molar-refractivity contribution in [2.45, 2.75) is 38.0 Å². The summed E-state index contributed by atoms with van der Waals surface area (Å²) in [7, 11) is 0. The molecule has 1 aromatic rings. The lowest BCUT2D eigenvalue weighted by molar-refractivity contribution is -0.124. The Balaban J connectivity index is 0.00000225. The first-order valence-corrected chi connectivity index (χ1v) is 8.97. The third-order valence-electron chi connectivity index (χ3n) is 4.75. The van der Waals surface area contributed by atoms with Gasteiger partial charge in [-0.15, -0.1) is 12.4 Å². The number of halogens is 2. The molecule has 1 aromatic carbocycles. The Morgan fingerprint density at radius 1 is 1.40 bits per heavy atom. The van der Waals surface area contributed by atoms with E-state index in [-0.39, 0.29) is 36.4 Å². The summed E-state index contributed by atoms with van der Waals surface area (Å²) in [6.07, 6.45) is 1.72. The number of rotatable bonds is 6. The normalized spacial score (nSPS) is 26.2. The molecule has 2 saturated heterocycles. The molecule has 4 unspecified atom stereocenters. The number of para-hydroxylation sites is 1. The van der Waals surface area contributed by atoms with Gasteiger partial charge in [0.15, 0.2) is 0 Å². The quantitative estimate of drug-likeness (QED) is 0.593. The fourth-order valence-electron chi connectivity index (χ4n) is 3.29. The zero-order valence-electron chi connectivity index (χ0n) is 14.3. The van der Waals surface area contributed by atoms with Crippen LogP contribution in [-0.4, -0.2) is 43.7 Å². The van der Waals surface area contributed by atoms with Crippen molar-refractivity contribution in [3.8, 4) is 5.75 Å². The maximum Gasteiger partial charge on any atom is 0.239 e. The summed E-state index contributed by atoms with van der Waals surface area (Å²) in [6, 6.07) is 7.55. The van der Waals surface area contributed by atoms with Crippen molar-refractivity contribution in [1.29, 1.82) is 0 Å². The molecule has 6 nitrogen and oxygen atoms in total. The van der Waals surface area contributed by atoms with Crippen molar-refractivity contribution < 1.29 is 9.53 Å². The van der Waals surface area contributed by atoms with Crippen LogP contribution in [0.25, 0.3) is 0 Å². The van der Waals surface area contributed by atoms with Gasteiger partial charge >= 0.3 is 0 Å². The minimum Gasteiger partial charge on any atom is -0.487 e. The van der Waals surface area contributed by atoms with E-state index in [0.29, 0.717) is 23.4 Å². The Morgan fingerprint density at radius 3 is 2.96 bits per heavy atom. The number of hydrazine groups is 1. The average Bonchev–Trinajstić information content (AvgIpc) is 3.04. The Kier molecular flexibility index (Phi) is 7.78. The number of piperidine rings is 1. The molecule has 4 N–H and O–H groups in total. The molecular formula is C17H26Cl2N4O2. The molecule has 2 aliphatic heterocycles. The predicted molar refractivity (Wildman–Crippen MR) is 101 cm³/mol. The van der Waals surface area contributed by atoms with Gasteiger partial charge in [0.2, 0.25) is 5.91 Å². The molecule has 1 amide bonds. The highest BCUT2D eigenvalue weighted by Crippen LogP contribution is 2.25. The molecule has 25 heavy (non-hydrogen) atoms. The van der Waals surface area contributed by atoms with E-state index in [4.69, 9.17) is 16.3 Å². The summed E-state index contributed by atoms with van der Waals surface area (Å²) < 4.78 is 5.92. The summed E-state index contributed by atoms with van der Waals surface area (Å²) in [4.78, 5) is 12.5. The van der Waals surface area contributed by atoms with Gasteiger partial charge in [0.25, 0.3) is 0 Å². The highest BCUT2D eigenvalue weighted by molar-refractivity contribution is 6.32. The van der Waals surface area contributed by atoms with Crippen LogP contribution in [0.3, 0.4) is 0 Å². The average molecular weight is 389 g/mol. The lowest BCUT2D eigenvalue weighted by Gasteiger charge is -2.27. The van der Waals surface area contributed by atoms with Crippen molar-refractivity contribution in [2.24, 2.45) is 5.92 Å². The van der Waals surface area contributed by atoms with Gasteiger partial charge in [0.05, 0.1) is 11.6 Å². The maximum absolute atomic E-state index is 12.5. The zero-order chi connectivity index (χ0) is 16.9. The standard InChI is InChI=1S/C17H25ClN4O2.ClH/c1-2-11(24-15-6-4-3-5-13(15)18)9-20-17(23)16-12-10-19-8-7-14(12)21-22-16;/h3-6,11-12,14,16,19,21-22H,2,7-10H2,1H3,(H,20,23);1H. The largest absolute Gasteiger partial charge is 0.487 e. The molecule has 3 rings (SSSR count). The van der Waals surface area contributed by atoms with Gasteiger partial charge in [-0.2, -0.15) is 0 Å². The SMILES string of the molecule is CCC(CNC(=O)C1NNC2CCNCC21)Oc1ccccc1Cl.Cl. The maximum atomic E-state index is 12.5. The second-order valence-electron chi connectivity index (χ2n) is 6.35. The van der Waals surface area contributed by atoms with Crippen molar-refractivity contribution in [3.63, 3.8) is 0 Å². The summed E-state index contributed by atoms with van der Waals surface area (Å²) >= 11 is 6.13. The van der Waals surface area contributed by atoms with Crippen LogP contribution in [0.5, 0.6) is 5.75 Å². The zero-order valence-corrected chi connectivity index (χ0v) is 15.8. The first kappa shape index (κ1) is 20.3. The number of carbonyl (C=O) groups is 1. The molecule has 0 radical (unpaired) electrons. The Morgan fingerprint density at radius 2 is 2.20 bits per heavy atom. The first-order chi connectivity index (χ1) is 11.7. The van der Waals surface area contributed by atoms with Crippen molar-refractivity contribution in [1.82, 2.24) is 21.5 Å². The second-order valence-corrected chi connectivity index (χ2v) is 6.76. The van der Waals surface area contributed by atoms with Crippen LogP contribution in [0.1, 0.15) is 19.8 Å². The number of nitrogens with one attached hydrogen (secondary N) is 4. The summed E-state index contributed by atoms with van der Waals surface area (Å²) in [5, 5.41) is 6.95. The first-order valence-electron chi connectivity index (χ1n) is 8.59. The van der Waals surface area contributed by atoms with E-state index in [2.05, 4.69) is 21.5 Å². The smallest absolute Gasteiger partial charge is 0.239 e.